The molecule has 0 bridgehead atoms. The maximum atomic E-state index is 10.7. The van der Waals surface area contributed by atoms with Crippen molar-refractivity contribution < 1.29 is 19.4 Å². The van der Waals surface area contributed by atoms with Crippen molar-refractivity contribution >= 4 is 5.97 Å². The van der Waals surface area contributed by atoms with Gasteiger partial charge in [0.15, 0.2) is 0 Å². The van der Waals surface area contributed by atoms with Crippen molar-refractivity contribution in [2.75, 3.05) is 26.9 Å². The van der Waals surface area contributed by atoms with Gasteiger partial charge in [0.25, 0.3) is 0 Å². The number of aromatic carboxylic acids is 1. The fraction of sp³-hybridized carbons (Fsp3) is 0.600. The minimum absolute atomic E-state index is 0.233. The van der Waals surface area contributed by atoms with E-state index in [1.54, 1.807) is 18.7 Å². The molecule has 0 aliphatic heterocycles. The number of carboxylic acids is 1. The highest BCUT2D eigenvalue weighted by molar-refractivity contribution is 5.88. The third-order valence-corrected chi connectivity index (χ3v) is 2.21. The predicted octanol–water partition coefficient (Wildman–Crippen LogP) is 0.553. The van der Waals surface area contributed by atoms with Gasteiger partial charge < -0.3 is 14.6 Å². The molecule has 1 heterocycles. The van der Waals surface area contributed by atoms with Gasteiger partial charge in [0.1, 0.15) is 5.56 Å². The predicted molar refractivity (Wildman–Crippen MR) is 56.6 cm³/mol. The van der Waals surface area contributed by atoms with E-state index in [-0.39, 0.29) is 5.56 Å². The molecule has 6 heteroatoms. The molecule has 0 atom stereocenters. The monoisotopic (exact) mass is 228 g/mol. The average molecular weight is 228 g/mol. The number of aromatic nitrogens is 2. The van der Waals surface area contributed by atoms with Gasteiger partial charge in [-0.2, -0.15) is 5.10 Å². The molecule has 0 aromatic carbocycles. The van der Waals surface area contributed by atoms with E-state index < -0.39 is 5.97 Å². The first-order valence-corrected chi connectivity index (χ1v) is 4.99. The number of hydrogen-bond acceptors (Lipinski definition) is 4. The molecule has 0 spiro atoms. The van der Waals surface area contributed by atoms with E-state index in [0.29, 0.717) is 32.1 Å². The van der Waals surface area contributed by atoms with Gasteiger partial charge in [-0.1, -0.05) is 0 Å². The third-order valence-electron chi connectivity index (χ3n) is 2.21. The van der Waals surface area contributed by atoms with E-state index in [1.807, 2.05) is 0 Å². The van der Waals surface area contributed by atoms with Gasteiger partial charge in [-0.25, -0.2) is 4.79 Å². The number of carbonyl (C=O) groups is 1. The van der Waals surface area contributed by atoms with Crippen molar-refractivity contribution in [2.24, 2.45) is 0 Å². The number of methoxy groups -OCH3 is 1. The fourth-order valence-corrected chi connectivity index (χ4v) is 1.28. The van der Waals surface area contributed by atoms with E-state index in [4.69, 9.17) is 14.6 Å². The van der Waals surface area contributed by atoms with Crippen LogP contribution in [0.2, 0.25) is 0 Å². The van der Waals surface area contributed by atoms with Crippen molar-refractivity contribution in [3.63, 3.8) is 0 Å². The van der Waals surface area contributed by atoms with Crippen LogP contribution in [0.5, 0.6) is 0 Å². The van der Waals surface area contributed by atoms with Crippen LogP contribution in [0.1, 0.15) is 16.1 Å². The molecule has 0 aliphatic rings. The molecule has 0 saturated heterocycles. The Morgan fingerprint density at radius 2 is 2.25 bits per heavy atom. The van der Waals surface area contributed by atoms with Crippen LogP contribution in [-0.2, 0) is 16.0 Å². The average Bonchev–Trinajstić information content (AvgIpc) is 2.60. The minimum Gasteiger partial charge on any atom is -0.478 e. The van der Waals surface area contributed by atoms with Gasteiger partial charge in [0, 0.05) is 12.8 Å². The molecule has 1 rings (SSSR count). The molecule has 1 aromatic rings. The zero-order valence-corrected chi connectivity index (χ0v) is 9.47. The first-order chi connectivity index (χ1) is 7.66. The smallest absolute Gasteiger partial charge is 0.339 e. The Bertz CT molecular complexity index is 349. The van der Waals surface area contributed by atoms with E-state index >= 15 is 0 Å². The summed E-state index contributed by atoms with van der Waals surface area (Å²) in [7, 11) is 1.61. The Hall–Kier alpha value is -1.40. The maximum Gasteiger partial charge on any atom is 0.339 e. The number of nitrogens with zero attached hydrogens (tertiary/aromatic N) is 2. The Morgan fingerprint density at radius 3 is 2.81 bits per heavy atom. The summed E-state index contributed by atoms with van der Waals surface area (Å²) in [6.45, 7) is 3.85. The van der Waals surface area contributed by atoms with Crippen LogP contribution >= 0.6 is 0 Å². The third kappa shape index (κ3) is 3.32. The van der Waals surface area contributed by atoms with Crippen molar-refractivity contribution in [3.8, 4) is 0 Å². The van der Waals surface area contributed by atoms with Crippen molar-refractivity contribution in [3.05, 3.63) is 17.5 Å². The Morgan fingerprint density at radius 1 is 1.50 bits per heavy atom. The van der Waals surface area contributed by atoms with E-state index in [0.717, 1.165) is 0 Å². The number of carboxylic acid groups (broad SMARTS) is 1. The van der Waals surface area contributed by atoms with Gasteiger partial charge in [0.05, 0.1) is 32.6 Å². The molecule has 0 saturated carbocycles. The van der Waals surface area contributed by atoms with Gasteiger partial charge in [-0.05, 0) is 6.92 Å². The fourth-order valence-electron chi connectivity index (χ4n) is 1.28. The summed E-state index contributed by atoms with van der Waals surface area (Å²) in [5, 5.41) is 12.8. The molecular weight excluding hydrogens is 212 g/mol. The summed E-state index contributed by atoms with van der Waals surface area (Å²) in [4.78, 5) is 10.7. The second kappa shape index (κ2) is 6.24. The lowest BCUT2D eigenvalue weighted by atomic mass is 10.3. The lowest BCUT2D eigenvalue weighted by Crippen LogP contribution is -2.12. The first kappa shape index (κ1) is 12.7. The van der Waals surface area contributed by atoms with Crippen LogP contribution in [0.4, 0.5) is 0 Å². The molecule has 6 nitrogen and oxygen atoms in total. The molecule has 90 valence electrons. The van der Waals surface area contributed by atoms with Crippen LogP contribution in [0.25, 0.3) is 0 Å². The van der Waals surface area contributed by atoms with Crippen molar-refractivity contribution in [1.82, 2.24) is 9.78 Å². The lowest BCUT2D eigenvalue weighted by molar-refractivity contribution is 0.0649. The van der Waals surface area contributed by atoms with Gasteiger partial charge in [-0.3, -0.25) is 4.68 Å². The van der Waals surface area contributed by atoms with Crippen LogP contribution < -0.4 is 0 Å². The Kier molecular flexibility index (Phi) is 4.94. The number of hydrogen-bond donors (Lipinski definition) is 1. The minimum atomic E-state index is -0.955. The maximum absolute atomic E-state index is 10.7. The molecular formula is C10H16N2O4. The van der Waals surface area contributed by atoms with E-state index in [1.165, 1.54) is 6.20 Å². The molecule has 16 heavy (non-hydrogen) atoms. The zero-order chi connectivity index (χ0) is 12.0. The highest BCUT2D eigenvalue weighted by Crippen LogP contribution is 2.06. The first-order valence-electron chi connectivity index (χ1n) is 4.99. The molecule has 1 aromatic heterocycles. The van der Waals surface area contributed by atoms with Gasteiger partial charge in [0.2, 0.25) is 0 Å². The van der Waals surface area contributed by atoms with Gasteiger partial charge >= 0.3 is 5.97 Å². The number of ether oxygens (including phenoxy) is 2. The molecule has 0 aliphatic carbocycles. The van der Waals surface area contributed by atoms with Crippen LogP contribution in [0, 0.1) is 6.92 Å². The lowest BCUT2D eigenvalue weighted by Gasteiger charge is -2.05. The summed E-state index contributed by atoms with van der Waals surface area (Å²) >= 11 is 0. The standard InChI is InChI=1S/C10H16N2O4/c1-8-9(10(13)14)7-11-12(8)3-4-16-6-5-15-2/h7H,3-6H2,1-2H3,(H,13,14). The molecule has 1 N–H and O–H groups in total. The topological polar surface area (TPSA) is 73.6 Å². The summed E-state index contributed by atoms with van der Waals surface area (Å²) in [5.41, 5.74) is 0.875. The Balaban J connectivity index is 2.40. The molecule has 0 amide bonds. The number of rotatable bonds is 7. The van der Waals surface area contributed by atoms with Gasteiger partial charge in [-0.15, -0.1) is 0 Å². The second-order valence-corrected chi connectivity index (χ2v) is 3.28. The summed E-state index contributed by atoms with van der Waals surface area (Å²) in [6, 6.07) is 0. The summed E-state index contributed by atoms with van der Waals surface area (Å²) < 4.78 is 11.7. The van der Waals surface area contributed by atoms with Crippen LogP contribution in [0.3, 0.4) is 0 Å². The van der Waals surface area contributed by atoms with E-state index in [9.17, 15) is 4.79 Å². The molecule has 0 fully saturated rings. The largest absolute Gasteiger partial charge is 0.478 e. The van der Waals surface area contributed by atoms with Crippen molar-refractivity contribution in [1.29, 1.82) is 0 Å². The van der Waals surface area contributed by atoms with Crippen molar-refractivity contribution in [2.45, 2.75) is 13.5 Å². The second-order valence-electron chi connectivity index (χ2n) is 3.28. The normalized spacial score (nSPS) is 10.6. The highest BCUT2D eigenvalue weighted by atomic mass is 16.5. The Labute approximate surface area is 93.8 Å². The quantitative estimate of drug-likeness (QED) is 0.690. The SMILES string of the molecule is COCCOCCn1ncc(C(=O)O)c1C. The summed E-state index contributed by atoms with van der Waals surface area (Å²) in [6.07, 6.45) is 1.35. The van der Waals surface area contributed by atoms with Crippen LogP contribution in [-0.4, -0.2) is 47.8 Å². The molecule has 0 radical (unpaired) electrons. The van der Waals surface area contributed by atoms with E-state index in [2.05, 4.69) is 5.10 Å². The van der Waals surface area contributed by atoms with Crippen LogP contribution in [0.15, 0.2) is 6.20 Å². The summed E-state index contributed by atoms with van der Waals surface area (Å²) in [5.74, 6) is -0.955. The zero-order valence-electron chi connectivity index (χ0n) is 9.47. The molecule has 0 unspecified atom stereocenters. The highest BCUT2D eigenvalue weighted by Gasteiger charge is 2.11.